The van der Waals surface area contributed by atoms with Crippen molar-refractivity contribution in [3.05, 3.63) is 48.2 Å². The summed E-state index contributed by atoms with van der Waals surface area (Å²) >= 11 is 1.56. The van der Waals surface area contributed by atoms with E-state index in [1.807, 2.05) is 24.4 Å². The van der Waals surface area contributed by atoms with Gasteiger partial charge in [0.15, 0.2) is 11.0 Å². The van der Waals surface area contributed by atoms with Gasteiger partial charge in [0.2, 0.25) is 5.89 Å². The highest BCUT2D eigenvalue weighted by molar-refractivity contribution is 7.98. The number of rotatable bonds is 4. The Labute approximate surface area is 133 Å². The fraction of sp³-hybridized carbons (Fsp3) is 0.312. The maximum atomic E-state index is 5.29. The van der Waals surface area contributed by atoms with Crippen LogP contribution in [0.25, 0.3) is 11.3 Å². The van der Waals surface area contributed by atoms with Gasteiger partial charge in [0, 0.05) is 5.41 Å². The van der Waals surface area contributed by atoms with Gasteiger partial charge >= 0.3 is 0 Å². The average Bonchev–Trinajstić information content (AvgIpc) is 3.15. The van der Waals surface area contributed by atoms with Crippen molar-refractivity contribution < 1.29 is 4.52 Å². The lowest BCUT2D eigenvalue weighted by molar-refractivity contribution is 0.319. The van der Waals surface area contributed by atoms with E-state index in [0.717, 1.165) is 16.4 Å². The molecule has 0 bridgehead atoms. The Hall–Kier alpha value is -2.08. The molecule has 0 aliphatic heterocycles. The van der Waals surface area contributed by atoms with E-state index in [-0.39, 0.29) is 5.41 Å². The number of thioether (sulfide) groups is 1. The first-order valence-corrected chi connectivity index (χ1v) is 8.07. The Morgan fingerprint density at radius 2 is 1.95 bits per heavy atom. The normalized spacial score (nSPS) is 11.8. The quantitative estimate of drug-likeness (QED) is 0.736. The van der Waals surface area contributed by atoms with Crippen LogP contribution in [0, 0.1) is 0 Å². The van der Waals surface area contributed by atoms with Crippen LogP contribution in [0.1, 0.15) is 32.5 Å². The van der Waals surface area contributed by atoms with Crippen molar-refractivity contribution >= 4 is 11.8 Å². The lowest BCUT2D eigenvalue weighted by atomic mass is 9.97. The second-order valence-corrected chi connectivity index (χ2v) is 6.99. The zero-order valence-electron chi connectivity index (χ0n) is 12.8. The second kappa shape index (κ2) is 5.96. The first kappa shape index (κ1) is 14.8. The molecule has 2 heterocycles. The number of aromatic amines is 1. The lowest BCUT2D eigenvalue weighted by Crippen LogP contribution is -2.11. The molecule has 5 nitrogen and oxygen atoms in total. The van der Waals surface area contributed by atoms with E-state index in [9.17, 15) is 0 Å². The average molecular weight is 314 g/mol. The first-order chi connectivity index (χ1) is 10.5. The molecule has 0 aliphatic rings. The Balaban J connectivity index is 1.65. The lowest BCUT2D eigenvalue weighted by Gasteiger charge is -2.10. The van der Waals surface area contributed by atoms with Gasteiger partial charge in [0.05, 0.1) is 17.6 Å². The standard InChI is InChI=1S/C16H18N4OS/c1-16(2,3)14-19-13(20-21-14)10-22-15-17-9-12(18-15)11-7-5-4-6-8-11/h4-9H,10H2,1-3H3,(H,17,18). The highest BCUT2D eigenvalue weighted by Crippen LogP contribution is 2.25. The number of imidazole rings is 1. The number of H-pyrrole nitrogens is 1. The molecule has 1 N–H and O–H groups in total. The van der Waals surface area contributed by atoms with Crippen LogP contribution in [0.5, 0.6) is 0 Å². The summed E-state index contributed by atoms with van der Waals surface area (Å²) in [5.41, 5.74) is 2.00. The summed E-state index contributed by atoms with van der Waals surface area (Å²) in [6.07, 6.45) is 1.84. The molecule has 0 amide bonds. The van der Waals surface area contributed by atoms with E-state index < -0.39 is 0 Å². The largest absolute Gasteiger partial charge is 0.339 e. The van der Waals surface area contributed by atoms with E-state index in [0.29, 0.717) is 17.5 Å². The molecule has 1 aromatic carbocycles. The summed E-state index contributed by atoms with van der Waals surface area (Å²) in [4.78, 5) is 12.1. The van der Waals surface area contributed by atoms with Crippen LogP contribution >= 0.6 is 11.8 Å². The molecule has 3 aromatic rings. The number of aromatic nitrogens is 4. The minimum Gasteiger partial charge on any atom is -0.339 e. The van der Waals surface area contributed by atoms with Crippen molar-refractivity contribution in [2.45, 2.75) is 37.1 Å². The van der Waals surface area contributed by atoms with E-state index >= 15 is 0 Å². The van der Waals surface area contributed by atoms with Crippen molar-refractivity contribution in [2.75, 3.05) is 0 Å². The summed E-state index contributed by atoms with van der Waals surface area (Å²) in [5.74, 6) is 1.97. The summed E-state index contributed by atoms with van der Waals surface area (Å²) in [6, 6.07) is 10.1. The number of benzene rings is 1. The number of nitrogens with one attached hydrogen (secondary N) is 1. The van der Waals surface area contributed by atoms with Crippen LogP contribution in [0.2, 0.25) is 0 Å². The van der Waals surface area contributed by atoms with Gasteiger partial charge in [-0.3, -0.25) is 0 Å². The van der Waals surface area contributed by atoms with Crippen molar-refractivity contribution in [2.24, 2.45) is 0 Å². The molecule has 0 unspecified atom stereocenters. The van der Waals surface area contributed by atoms with E-state index in [1.54, 1.807) is 11.8 Å². The summed E-state index contributed by atoms with van der Waals surface area (Å²) in [5, 5.41) is 4.86. The topological polar surface area (TPSA) is 67.6 Å². The van der Waals surface area contributed by atoms with Gasteiger partial charge in [-0.25, -0.2) is 4.98 Å². The zero-order valence-corrected chi connectivity index (χ0v) is 13.6. The molecule has 6 heteroatoms. The van der Waals surface area contributed by atoms with Crippen LogP contribution < -0.4 is 0 Å². The van der Waals surface area contributed by atoms with Crippen LogP contribution in [-0.2, 0) is 11.2 Å². The molecule has 2 aromatic heterocycles. The minimum absolute atomic E-state index is 0.124. The predicted molar refractivity (Wildman–Crippen MR) is 86.6 cm³/mol. The molecule has 114 valence electrons. The van der Waals surface area contributed by atoms with Crippen LogP contribution in [-0.4, -0.2) is 20.1 Å². The van der Waals surface area contributed by atoms with Gasteiger partial charge in [-0.2, -0.15) is 4.98 Å². The summed E-state index contributed by atoms with van der Waals surface area (Å²) in [6.45, 7) is 6.16. The molecule has 0 saturated heterocycles. The van der Waals surface area contributed by atoms with Crippen LogP contribution in [0.4, 0.5) is 0 Å². The van der Waals surface area contributed by atoms with Crippen molar-refractivity contribution in [1.82, 2.24) is 20.1 Å². The van der Waals surface area contributed by atoms with Crippen molar-refractivity contribution in [3.63, 3.8) is 0 Å². The number of nitrogens with zero attached hydrogens (tertiary/aromatic N) is 3. The SMILES string of the molecule is CC(C)(C)c1nc(CSc2ncc(-c3ccccc3)[nH]2)no1. The third-order valence-corrected chi connectivity index (χ3v) is 3.97. The number of hydrogen-bond acceptors (Lipinski definition) is 5. The van der Waals surface area contributed by atoms with Gasteiger partial charge in [0.25, 0.3) is 0 Å². The monoisotopic (exact) mass is 314 g/mol. The number of hydrogen-bond donors (Lipinski definition) is 1. The molecule has 22 heavy (non-hydrogen) atoms. The fourth-order valence-corrected chi connectivity index (χ4v) is 2.58. The van der Waals surface area contributed by atoms with Gasteiger partial charge in [-0.05, 0) is 5.56 Å². The van der Waals surface area contributed by atoms with Crippen molar-refractivity contribution in [3.8, 4) is 11.3 Å². The molecule has 3 rings (SSSR count). The maximum absolute atomic E-state index is 5.29. The molecule has 0 atom stereocenters. The van der Waals surface area contributed by atoms with Crippen LogP contribution in [0.3, 0.4) is 0 Å². The minimum atomic E-state index is -0.124. The Morgan fingerprint density at radius 3 is 2.64 bits per heavy atom. The van der Waals surface area contributed by atoms with Gasteiger partial charge in [-0.1, -0.05) is 68.0 Å². The molecule has 0 spiro atoms. The summed E-state index contributed by atoms with van der Waals surface area (Å²) in [7, 11) is 0. The third kappa shape index (κ3) is 3.39. The first-order valence-electron chi connectivity index (χ1n) is 7.09. The molecule has 0 fully saturated rings. The molecular formula is C16H18N4OS. The van der Waals surface area contributed by atoms with E-state index in [2.05, 4.69) is 53.0 Å². The summed E-state index contributed by atoms with van der Waals surface area (Å²) < 4.78 is 5.29. The Kier molecular flexibility index (Phi) is 4.02. The maximum Gasteiger partial charge on any atom is 0.232 e. The molecule has 0 saturated carbocycles. The van der Waals surface area contributed by atoms with Crippen molar-refractivity contribution in [1.29, 1.82) is 0 Å². The third-order valence-electron chi connectivity index (χ3n) is 3.08. The zero-order chi connectivity index (χ0) is 15.6. The molecule has 0 aliphatic carbocycles. The van der Waals surface area contributed by atoms with Gasteiger partial charge in [-0.15, -0.1) is 0 Å². The van der Waals surface area contributed by atoms with Gasteiger partial charge < -0.3 is 9.51 Å². The molecule has 0 radical (unpaired) electrons. The van der Waals surface area contributed by atoms with E-state index in [1.165, 1.54) is 0 Å². The fourth-order valence-electron chi connectivity index (χ4n) is 1.89. The highest BCUT2D eigenvalue weighted by Gasteiger charge is 2.21. The smallest absolute Gasteiger partial charge is 0.232 e. The van der Waals surface area contributed by atoms with Crippen LogP contribution in [0.15, 0.2) is 46.2 Å². The Morgan fingerprint density at radius 1 is 1.18 bits per heavy atom. The highest BCUT2D eigenvalue weighted by atomic mass is 32.2. The van der Waals surface area contributed by atoms with Gasteiger partial charge in [0.1, 0.15) is 0 Å². The predicted octanol–water partition coefficient (Wildman–Crippen LogP) is 4.05. The van der Waals surface area contributed by atoms with E-state index in [4.69, 9.17) is 4.52 Å². The molecular weight excluding hydrogens is 296 g/mol. The second-order valence-electron chi connectivity index (χ2n) is 6.02. The Bertz CT molecular complexity index is 743.